The fraction of sp³-hybridized carbons (Fsp3) is 0.316. The highest BCUT2D eigenvalue weighted by atomic mass is 19.3. The molecule has 0 aliphatic carbocycles. The predicted molar refractivity (Wildman–Crippen MR) is 94.3 cm³/mol. The molecular formula is C19H20F2N2O3. The van der Waals surface area contributed by atoms with Crippen molar-refractivity contribution in [3.63, 3.8) is 0 Å². The lowest BCUT2D eigenvalue weighted by atomic mass is 10.00. The zero-order valence-electron chi connectivity index (χ0n) is 14.4. The van der Waals surface area contributed by atoms with Crippen LogP contribution in [0.15, 0.2) is 36.4 Å². The number of carbonyl (C=O) groups excluding carboxylic acids is 1. The van der Waals surface area contributed by atoms with Crippen LogP contribution in [0.1, 0.15) is 21.5 Å². The number of hydrogen-bond acceptors (Lipinski definition) is 4. The Morgan fingerprint density at radius 2 is 1.85 bits per heavy atom. The molecule has 0 fully saturated rings. The molecule has 3 rings (SSSR count). The van der Waals surface area contributed by atoms with Gasteiger partial charge in [-0.25, -0.2) is 0 Å². The Bertz CT molecular complexity index is 796. The first-order valence-electron chi connectivity index (χ1n) is 8.33. The van der Waals surface area contributed by atoms with E-state index >= 15 is 0 Å². The van der Waals surface area contributed by atoms with E-state index in [1.54, 1.807) is 12.1 Å². The molecule has 2 aromatic carbocycles. The summed E-state index contributed by atoms with van der Waals surface area (Å²) in [5, 5.41) is 6.04. The molecule has 0 saturated carbocycles. The largest absolute Gasteiger partial charge is 0.493 e. The van der Waals surface area contributed by atoms with Crippen LogP contribution in [0.25, 0.3) is 0 Å². The van der Waals surface area contributed by atoms with Crippen LogP contribution in [-0.4, -0.2) is 32.7 Å². The van der Waals surface area contributed by atoms with Crippen molar-refractivity contribution in [2.24, 2.45) is 0 Å². The van der Waals surface area contributed by atoms with Gasteiger partial charge in [0.15, 0.2) is 11.5 Å². The molecule has 1 heterocycles. The first-order valence-corrected chi connectivity index (χ1v) is 8.33. The third-order valence-corrected chi connectivity index (χ3v) is 4.25. The van der Waals surface area contributed by atoms with Gasteiger partial charge < -0.3 is 20.1 Å². The normalized spacial score (nSPS) is 13.7. The second-order valence-electron chi connectivity index (χ2n) is 5.93. The molecule has 5 nitrogen and oxygen atoms in total. The molecule has 7 heteroatoms. The molecule has 0 unspecified atom stereocenters. The van der Waals surface area contributed by atoms with Crippen LogP contribution in [0.5, 0.6) is 11.5 Å². The average Bonchev–Trinajstić information content (AvgIpc) is 2.86. The fourth-order valence-corrected chi connectivity index (χ4v) is 2.96. The second kappa shape index (κ2) is 8.14. The highest BCUT2D eigenvalue weighted by molar-refractivity contribution is 6.04. The summed E-state index contributed by atoms with van der Waals surface area (Å²) in [6, 6.07) is 9.99. The maximum atomic E-state index is 12.5. The van der Waals surface area contributed by atoms with Crippen molar-refractivity contribution >= 4 is 11.6 Å². The molecule has 0 saturated heterocycles. The van der Waals surface area contributed by atoms with Crippen molar-refractivity contribution in [2.75, 3.05) is 25.5 Å². The van der Waals surface area contributed by atoms with Gasteiger partial charge in [-0.15, -0.1) is 0 Å². The van der Waals surface area contributed by atoms with E-state index in [0.29, 0.717) is 11.3 Å². The van der Waals surface area contributed by atoms with E-state index in [0.717, 1.165) is 31.5 Å². The van der Waals surface area contributed by atoms with E-state index in [1.165, 1.54) is 24.8 Å². The summed E-state index contributed by atoms with van der Waals surface area (Å²) in [4.78, 5) is 12.5. The maximum absolute atomic E-state index is 12.5. The van der Waals surface area contributed by atoms with Crippen LogP contribution < -0.4 is 20.1 Å². The Labute approximate surface area is 150 Å². The zero-order valence-corrected chi connectivity index (χ0v) is 14.4. The first kappa shape index (κ1) is 18.1. The van der Waals surface area contributed by atoms with Crippen LogP contribution in [0.4, 0.5) is 14.5 Å². The number of anilines is 1. The third kappa shape index (κ3) is 4.29. The SMILES string of the molecule is COc1ccc(NC(=O)c2ccc3c(c2)CCNCC3)cc1OC(F)F. The third-order valence-electron chi connectivity index (χ3n) is 4.25. The highest BCUT2D eigenvalue weighted by Crippen LogP contribution is 2.31. The van der Waals surface area contributed by atoms with Crippen LogP contribution in [-0.2, 0) is 12.8 Å². The fourth-order valence-electron chi connectivity index (χ4n) is 2.96. The van der Waals surface area contributed by atoms with Crippen molar-refractivity contribution < 1.29 is 23.0 Å². The molecular weight excluding hydrogens is 342 g/mol. The van der Waals surface area contributed by atoms with Gasteiger partial charge in [0.2, 0.25) is 0 Å². The smallest absolute Gasteiger partial charge is 0.387 e. The van der Waals surface area contributed by atoms with Gasteiger partial charge in [0, 0.05) is 17.3 Å². The van der Waals surface area contributed by atoms with Crippen molar-refractivity contribution in [1.29, 1.82) is 0 Å². The topological polar surface area (TPSA) is 59.6 Å². The van der Waals surface area contributed by atoms with Gasteiger partial charge in [-0.2, -0.15) is 8.78 Å². The summed E-state index contributed by atoms with van der Waals surface area (Å²) in [5.74, 6) is -0.271. The van der Waals surface area contributed by atoms with Gasteiger partial charge in [-0.3, -0.25) is 4.79 Å². The lowest BCUT2D eigenvalue weighted by Gasteiger charge is -2.13. The van der Waals surface area contributed by atoms with E-state index in [9.17, 15) is 13.6 Å². The Morgan fingerprint density at radius 1 is 1.08 bits per heavy atom. The van der Waals surface area contributed by atoms with Gasteiger partial charge >= 0.3 is 6.61 Å². The summed E-state index contributed by atoms with van der Waals surface area (Å²) in [6.07, 6.45) is 1.80. The summed E-state index contributed by atoms with van der Waals surface area (Å²) in [5.41, 5.74) is 3.27. The molecule has 138 valence electrons. The lowest BCUT2D eigenvalue weighted by Crippen LogP contribution is -2.16. The lowest BCUT2D eigenvalue weighted by molar-refractivity contribution is -0.0511. The minimum atomic E-state index is -2.98. The van der Waals surface area contributed by atoms with Crippen molar-refractivity contribution in [3.8, 4) is 11.5 Å². The molecule has 2 N–H and O–H groups in total. The monoisotopic (exact) mass is 362 g/mol. The standard InChI is InChI=1S/C19H20F2N2O3/c1-25-16-5-4-15(11-17(16)26-19(20)21)23-18(24)14-3-2-12-6-8-22-9-7-13(12)10-14/h2-5,10-11,19,22H,6-9H2,1H3,(H,23,24). The van der Waals surface area contributed by atoms with Gasteiger partial charge in [0.1, 0.15) is 0 Å². The summed E-state index contributed by atoms with van der Waals surface area (Å²) in [6.45, 7) is -1.17. The van der Waals surface area contributed by atoms with Crippen LogP contribution in [0.2, 0.25) is 0 Å². The number of rotatable bonds is 5. The number of benzene rings is 2. The number of alkyl halides is 2. The van der Waals surface area contributed by atoms with Gasteiger partial charge in [0.25, 0.3) is 5.91 Å². The van der Waals surface area contributed by atoms with Crippen LogP contribution in [0.3, 0.4) is 0 Å². The zero-order chi connectivity index (χ0) is 18.5. The molecule has 0 radical (unpaired) electrons. The molecule has 26 heavy (non-hydrogen) atoms. The number of halogens is 2. The van der Waals surface area contributed by atoms with Gasteiger partial charge in [-0.1, -0.05) is 6.07 Å². The van der Waals surface area contributed by atoms with E-state index in [1.807, 2.05) is 12.1 Å². The first-order chi connectivity index (χ1) is 12.6. The van der Waals surface area contributed by atoms with Crippen molar-refractivity contribution in [1.82, 2.24) is 5.32 Å². The maximum Gasteiger partial charge on any atom is 0.387 e. The Balaban J connectivity index is 1.78. The molecule has 0 aromatic heterocycles. The number of amides is 1. The van der Waals surface area contributed by atoms with E-state index in [4.69, 9.17) is 4.74 Å². The van der Waals surface area contributed by atoms with E-state index < -0.39 is 6.61 Å². The molecule has 1 aliphatic heterocycles. The van der Waals surface area contributed by atoms with Crippen molar-refractivity contribution in [2.45, 2.75) is 19.5 Å². The van der Waals surface area contributed by atoms with Crippen molar-refractivity contribution in [3.05, 3.63) is 53.1 Å². The predicted octanol–water partition coefficient (Wildman–Crippen LogP) is 3.24. The average molecular weight is 362 g/mol. The second-order valence-corrected chi connectivity index (χ2v) is 5.93. The highest BCUT2D eigenvalue weighted by Gasteiger charge is 2.15. The summed E-state index contributed by atoms with van der Waals surface area (Å²) >= 11 is 0. The van der Waals surface area contributed by atoms with Crippen LogP contribution in [0, 0.1) is 0 Å². The number of hydrogen-bond donors (Lipinski definition) is 2. The molecule has 0 atom stereocenters. The molecule has 2 aromatic rings. The van der Waals surface area contributed by atoms with Gasteiger partial charge in [0.05, 0.1) is 7.11 Å². The minimum absolute atomic E-state index is 0.131. The Morgan fingerprint density at radius 3 is 2.58 bits per heavy atom. The summed E-state index contributed by atoms with van der Waals surface area (Å²) < 4.78 is 34.5. The van der Waals surface area contributed by atoms with Gasteiger partial charge in [-0.05, 0) is 61.3 Å². The summed E-state index contributed by atoms with van der Waals surface area (Å²) in [7, 11) is 1.36. The number of carbonyl (C=O) groups is 1. The van der Waals surface area contributed by atoms with Crippen LogP contribution >= 0.6 is 0 Å². The minimum Gasteiger partial charge on any atom is -0.493 e. The Hall–Kier alpha value is -2.67. The number of methoxy groups -OCH3 is 1. The quantitative estimate of drug-likeness (QED) is 0.857. The molecule has 0 bridgehead atoms. The molecule has 0 spiro atoms. The Kier molecular flexibility index (Phi) is 5.68. The van der Waals surface area contributed by atoms with E-state index in [-0.39, 0.29) is 17.4 Å². The number of ether oxygens (including phenoxy) is 2. The van der Waals surface area contributed by atoms with E-state index in [2.05, 4.69) is 15.4 Å². The molecule has 1 amide bonds. The molecule has 1 aliphatic rings. The number of nitrogens with one attached hydrogen (secondary N) is 2. The number of fused-ring (bicyclic) bond motifs is 1.